The summed E-state index contributed by atoms with van der Waals surface area (Å²) in [7, 11) is 1.41. The molecule has 6 nitrogen and oxygen atoms in total. The molecule has 0 fully saturated rings. The van der Waals surface area contributed by atoms with Gasteiger partial charge in [0.15, 0.2) is 17.6 Å². The van der Waals surface area contributed by atoms with Gasteiger partial charge in [0.25, 0.3) is 0 Å². The number of hydrogen-bond acceptors (Lipinski definition) is 4. The Morgan fingerprint density at radius 3 is 2.53 bits per heavy atom. The number of hydrogen-bond donors (Lipinski definition) is 2. The topological polar surface area (TPSA) is 93.1 Å². The van der Waals surface area contributed by atoms with E-state index in [9.17, 15) is 9.59 Å². The number of benzene rings is 1. The lowest BCUT2D eigenvalue weighted by Crippen LogP contribution is -2.23. The normalized spacial score (nSPS) is 12.1. The Morgan fingerprint density at radius 2 is 2.00 bits per heavy atom. The van der Waals surface area contributed by atoms with Gasteiger partial charge in [-0.3, -0.25) is 0 Å². The first-order chi connectivity index (χ1) is 8.95. The molecule has 1 atom stereocenters. The van der Waals surface area contributed by atoms with Crippen molar-refractivity contribution in [1.82, 2.24) is 0 Å². The van der Waals surface area contributed by atoms with E-state index in [2.05, 4.69) is 0 Å². The van der Waals surface area contributed by atoms with E-state index >= 15 is 0 Å². The molecule has 1 aromatic rings. The molecule has 0 heterocycles. The molecule has 0 aromatic heterocycles. The fraction of sp³-hybridized carbons (Fsp3) is 0.231. The lowest BCUT2D eigenvalue weighted by Gasteiger charge is -2.15. The van der Waals surface area contributed by atoms with Crippen LogP contribution in [0.1, 0.15) is 12.5 Å². The van der Waals surface area contributed by atoms with Crippen LogP contribution in [0.25, 0.3) is 6.08 Å². The van der Waals surface area contributed by atoms with Crippen molar-refractivity contribution < 1.29 is 29.3 Å². The Labute approximate surface area is 109 Å². The molecule has 2 N–H and O–H groups in total. The van der Waals surface area contributed by atoms with Gasteiger partial charge in [-0.25, -0.2) is 9.59 Å². The fourth-order valence-corrected chi connectivity index (χ4v) is 1.34. The summed E-state index contributed by atoms with van der Waals surface area (Å²) in [5, 5.41) is 17.4. The van der Waals surface area contributed by atoms with Gasteiger partial charge >= 0.3 is 11.9 Å². The fourth-order valence-electron chi connectivity index (χ4n) is 1.34. The average molecular weight is 266 g/mol. The second-order valence-electron chi connectivity index (χ2n) is 3.65. The monoisotopic (exact) mass is 266 g/mol. The summed E-state index contributed by atoms with van der Waals surface area (Å²) in [6, 6.07) is 4.85. The molecule has 1 rings (SSSR count). The summed E-state index contributed by atoms with van der Waals surface area (Å²) >= 11 is 0. The number of ether oxygens (including phenoxy) is 2. The smallest absolute Gasteiger partial charge is 0.344 e. The molecule has 0 bridgehead atoms. The highest BCUT2D eigenvalue weighted by molar-refractivity contribution is 5.86. The molecule has 0 radical (unpaired) electrons. The van der Waals surface area contributed by atoms with Crippen molar-refractivity contribution in [2.45, 2.75) is 13.0 Å². The van der Waals surface area contributed by atoms with Crippen molar-refractivity contribution in [3.63, 3.8) is 0 Å². The number of para-hydroxylation sites is 1. The first-order valence-electron chi connectivity index (χ1n) is 5.43. The van der Waals surface area contributed by atoms with Crippen LogP contribution >= 0.6 is 0 Å². The number of carbonyl (C=O) groups is 2. The second-order valence-corrected chi connectivity index (χ2v) is 3.65. The number of carboxylic acid groups (broad SMARTS) is 2. The Balaban J connectivity index is 3.16. The number of carboxylic acids is 2. The maximum Gasteiger partial charge on any atom is 0.344 e. The molecule has 0 saturated carbocycles. The van der Waals surface area contributed by atoms with E-state index in [1.807, 2.05) is 0 Å². The van der Waals surface area contributed by atoms with Gasteiger partial charge in [-0.1, -0.05) is 12.1 Å². The van der Waals surface area contributed by atoms with Gasteiger partial charge < -0.3 is 19.7 Å². The van der Waals surface area contributed by atoms with Crippen LogP contribution in [0.5, 0.6) is 11.5 Å². The minimum atomic E-state index is -1.13. The Kier molecular flexibility index (Phi) is 4.93. The van der Waals surface area contributed by atoms with Crippen molar-refractivity contribution in [2.75, 3.05) is 7.11 Å². The number of methoxy groups -OCH3 is 1. The van der Waals surface area contributed by atoms with E-state index in [-0.39, 0.29) is 5.75 Å². The third-order valence-corrected chi connectivity index (χ3v) is 2.28. The molecular formula is C13H14O6. The van der Waals surface area contributed by atoms with Crippen molar-refractivity contribution >= 4 is 18.0 Å². The molecule has 1 aromatic carbocycles. The van der Waals surface area contributed by atoms with E-state index in [4.69, 9.17) is 19.7 Å². The molecule has 102 valence electrons. The standard InChI is InChI=1S/C13H14O6/c1-8(13(16)17)19-12-9(6-7-11(14)15)4-3-5-10(12)18-2/h3-8H,1-2H3,(H,14,15)(H,16,17). The predicted molar refractivity (Wildman–Crippen MR) is 67.4 cm³/mol. The summed E-state index contributed by atoms with van der Waals surface area (Å²) < 4.78 is 10.4. The van der Waals surface area contributed by atoms with E-state index in [1.54, 1.807) is 18.2 Å². The van der Waals surface area contributed by atoms with E-state index in [0.717, 1.165) is 6.08 Å². The highest BCUT2D eigenvalue weighted by Crippen LogP contribution is 2.32. The summed E-state index contributed by atoms with van der Waals surface area (Å²) in [6.07, 6.45) is 1.18. The van der Waals surface area contributed by atoms with Crippen LogP contribution in [0.2, 0.25) is 0 Å². The van der Waals surface area contributed by atoms with Crippen LogP contribution in [0.15, 0.2) is 24.3 Å². The molecule has 0 aliphatic rings. The molecule has 19 heavy (non-hydrogen) atoms. The summed E-state index contributed by atoms with van der Waals surface area (Å²) in [5.41, 5.74) is 0.426. The molecule has 6 heteroatoms. The lowest BCUT2D eigenvalue weighted by atomic mass is 10.1. The first-order valence-corrected chi connectivity index (χ1v) is 5.43. The van der Waals surface area contributed by atoms with E-state index in [1.165, 1.54) is 20.1 Å². The zero-order chi connectivity index (χ0) is 14.4. The van der Waals surface area contributed by atoms with Gasteiger partial charge in [0.05, 0.1) is 7.11 Å². The molecule has 0 aliphatic heterocycles. The Hall–Kier alpha value is -2.50. The van der Waals surface area contributed by atoms with Crippen LogP contribution < -0.4 is 9.47 Å². The van der Waals surface area contributed by atoms with Gasteiger partial charge in [-0.2, -0.15) is 0 Å². The van der Waals surface area contributed by atoms with Gasteiger partial charge in [0.2, 0.25) is 0 Å². The van der Waals surface area contributed by atoms with Crippen LogP contribution in [0, 0.1) is 0 Å². The zero-order valence-electron chi connectivity index (χ0n) is 10.5. The van der Waals surface area contributed by atoms with E-state index < -0.39 is 18.0 Å². The zero-order valence-corrected chi connectivity index (χ0v) is 10.5. The van der Waals surface area contributed by atoms with Gasteiger partial charge in [0.1, 0.15) is 0 Å². The quantitative estimate of drug-likeness (QED) is 0.760. The number of aliphatic carboxylic acids is 2. The lowest BCUT2D eigenvalue weighted by molar-refractivity contribution is -0.144. The largest absolute Gasteiger partial charge is 0.493 e. The Bertz CT molecular complexity index is 506. The molecule has 0 spiro atoms. The predicted octanol–water partition coefficient (Wildman–Crippen LogP) is 1.64. The maximum atomic E-state index is 10.8. The average Bonchev–Trinajstić information content (AvgIpc) is 2.36. The molecule has 1 unspecified atom stereocenters. The highest BCUT2D eigenvalue weighted by atomic mass is 16.5. The SMILES string of the molecule is COc1cccc(C=CC(=O)O)c1OC(C)C(=O)O. The van der Waals surface area contributed by atoms with Crippen molar-refractivity contribution in [1.29, 1.82) is 0 Å². The van der Waals surface area contributed by atoms with Crippen molar-refractivity contribution in [3.05, 3.63) is 29.8 Å². The highest BCUT2D eigenvalue weighted by Gasteiger charge is 2.17. The Morgan fingerprint density at radius 1 is 1.32 bits per heavy atom. The molecule has 0 saturated heterocycles. The van der Waals surface area contributed by atoms with Gasteiger partial charge in [0, 0.05) is 11.6 Å². The minimum Gasteiger partial charge on any atom is -0.493 e. The first kappa shape index (κ1) is 14.6. The summed E-state index contributed by atoms with van der Waals surface area (Å²) in [5.74, 6) is -1.71. The van der Waals surface area contributed by atoms with Crippen molar-refractivity contribution in [2.24, 2.45) is 0 Å². The summed E-state index contributed by atoms with van der Waals surface area (Å²) in [6.45, 7) is 1.37. The van der Waals surface area contributed by atoms with E-state index in [0.29, 0.717) is 11.3 Å². The maximum absolute atomic E-state index is 10.8. The van der Waals surface area contributed by atoms with Crippen molar-refractivity contribution in [3.8, 4) is 11.5 Å². The van der Waals surface area contributed by atoms with Crippen LogP contribution in [0.4, 0.5) is 0 Å². The van der Waals surface area contributed by atoms with Crippen LogP contribution in [-0.4, -0.2) is 35.4 Å². The molecular weight excluding hydrogens is 252 g/mol. The van der Waals surface area contributed by atoms with Crippen LogP contribution in [0.3, 0.4) is 0 Å². The molecule has 0 aliphatic carbocycles. The second kappa shape index (κ2) is 6.44. The van der Waals surface area contributed by atoms with Gasteiger partial charge in [-0.05, 0) is 19.1 Å². The minimum absolute atomic E-state index is 0.192. The third-order valence-electron chi connectivity index (χ3n) is 2.28. The van der Waals surface area contributed by atoms with Crippen LogP contribution in [-0.2, 0) is 9.59 Å². The third kappa shape index (κ3) is 4.02. The summed E-state index contributed by atoms with van der Waals surface area (Å²) in [4.78, 5) is 21.3. The molecule has 0 amide bonds. The van der Waals surface area contributed by atoms with Gasteiger partial charge in [-0.15, -0.1) is 0 Å². The number of rotatable bonds is 6.